The van der Waals surface area contributed by atoms with E-state index >= 15 is 0 Å². The molecule has 100 valence electrons. The van der Waals surface area contributed by atoms with Crippen molar-refractivity contribution in [3.05, 3.63) is 11.6 Å². The summed E-state index contributed by atoms with van der Waals surface area (Å²) in [4.78, 5) is 24.7. The second-order valence-electron chi connectivity index (χ2n) is 5.89. The van der Waals surface area contributed by atoms with E-state index in [1.807, 2.05) is 20.8 Å². The average molecular weight is 253 g/mol. The van der Waals surface area contributed by atoms with Gasteiger partial charge >= 0.3 is 12.1 Å². The summed E-state index contributed by atoms with van der Waals surface area (Å²) in [5.74, 6) is -0.879. The number of hydrogen-bond donors (Lipinski definition) is 1. The fourth-order valence-electron chi connectivity index (χ4n) is 2.59. The summed E-state index contributed by atoms with van der Waals surface area (Å²) in [6.07, 6.45) is 3.44. The third kappa shape index (κ3) is 2.49. The molecule has 2 bridgehead atoms. The number of hydrogen-bond acceptors (Lipinski definition) is 3. The Morgan fingerprint density at radius 3 is 2.56 bits per heavy atom. The highest BCUT2D eigenvalue weighted by Gasteiger charge is 2.42. The molecule has 2 heterocycles. The van der Waals surface area contributed by atoms with Crippen molar-refractivity contribution in [1.29, 1.82) is 0 Å². The second-order valence-corrected chi connectivity index (χ2v) is 5.89. The van der Waals surface area contributed by atoms with Gasteiger partial charge in [0.25, 0.3) is 0 Å². The molecule has 0 saturated carbocycles. The number of amides is 1. The quantitative estimate of drug-likeness (QED) is 0.777. The number of nitrogens with zero attached hydrogens (tertiary/aromatic N) is 1. The standard InChI is InChI=1S/C13H19NO4/c1-13(2,3)18-12(17)14-9-4-5-10(14)7-8(6-9)11(15)16/h6,9-10H,4-5,7H2,1-3H3,(H,15,16)/t9-,10-/m1/s1. The fraction of sp³-hybridized carbons (Fsp3) is 0.692. The van der Waals surface area contributed by atoms with Gasteiger partial charge in [-0.1, -0.05) is 6.08 Å². The van der Waals surface area contributed by atoms with E-state index < -0.39 is 11.6 Å². The third-order valence-corrected chi connectivity index (χ3v) is 3.27. The molecule has 0 aromatic carbocycles. The number of rotatable bonds is 1. The topological polar surface area (TPSA) is 66.8 Å². The molecule has 1 N–H and O–H groups in total. The van der Waals surface area contributed by atoms with E-state index in [0.29, 0.717) is 12.0 Å². The zero-order chi connectivity index (χ0) is 13.5. The molecule has 2 aliphatic rings. The summed E-state index contributed by atoms with van der Waals surface area (Å²) < 4.78 is 5.36. The molecule has 1 amide bonds. The maximum absolute atomic E-state index is 12.1. The van der Waals surface area contributed by atoms with E-state index in [2.05, 4.69) is 0 Å². The number of carboxylic acids is 1. The first kappa shape index (κ1) is 12.9. The molecular formula is C13H19NO4. The lowest BCUT2D eigenvalue weighted by Crippen LogP contribution is -2.46. The zero-order valence-electron chi connectivity index (χ0n) is 11.0. The molecule has 0 radical (unpaired) electrons. The van der Waals surface area contributed by atoms with E-state index in [1.165, 1.54) is 0 Å². The Morgan fingerprint density at radius 2 is 2.06 bits per heavy atom. The minimum absolute atomic E-state index is 0.0269. The molecule has 0 unspecified atom stereocenters. The van der Waals surface area contributed by atoms with Crippen LogP contribution in [0.3, 0.4) is 0 Å². The minimum atomic E-state index is -0.879. The number of ether oxygens (including phenoxy) is 1. The predicted octanol–water partition coefficient (Wildman–Crippen LogP) is 2.17. The van der Waals surface area contributed by atoms with Crippen molar-refractivity contribution in [3.8, 4) is 0 Å². The molecule has 18 heavy (non-hydrogen) atoms. The Labute approximate surface area is 106 Å². The molecule has 2 aliphatic heterocycles. The first-order chi connectivity index (χ1) is 8.28. The Bertz CT molecular complexity index is 408. The highest BCUT2D eigenvalue weighted by atomic mass is 16.6. The molecule has 0 spiro atoms. The van der Waals surface area contributed by atoms with Gasteiger partial charge < -0.3 is 9.84 Å². The Morgan fingerprint density at radius 1 is 1.39 bits per heavy atom. The Balaban J connectivity index is 2.13. The largest absolute Gasteiger partial charge is 0.478 e. The summed E-state index contributed by atoms with van der Waals surface area (Å²) >= 11 is 0. The molecule has 0 aromatic heterocycles. The number of fused-ring (bicyclic) bond motifs is 2. The number of aliphatic carboxylic acids is 1. The first-order valence-corrected chi connectivity index (χ1v) is 6.23. The summed E-state index contributed by atoms with van der Waals surface area (Å²) in [6.45, 7) is 5.49. The van der Waals surface area contributed by atoms with Gasteiger partial charge in [-0.05, 0) is 40.0 Å². The predicted molar refractivity (Wildman–Crippen MR) is 65.2 cm³/mol. The van der Waals surface area contributed by atoms with Crippen molar-refractivity contribution in [3.63, 3.8) is 0 Å². The lowest BCUT2D eigenvalue weighted by Gasteiger charge is -2.34. The maximum Gasteiger partial charge on any atom is 0.411 e. The molecule has 2 rings (SSSR count). The van der Waals surface area contributed by atoms with Crippen molar-refractivity contribution in [2.45, 2.75) is 57.7 Å². The first-order valence-electron chi connectivity index (χ1n) is 6.23. The van der Waals surface area contributed by atoms with Gasteiger partial charge in [0.15, 0.2) is 0 Å². The molecule has 5 nitrogen and oxygen atoms in total. The van der Waals surface area contributed by atoms with Crippen LogP contribution in [0.4, 0.5) is 4.79 Å². The summed E-state index contributed by atoms with van der Waals surface area (Å²) in [5, 5.41) is 9.01. The average Bonchev–Trinajstić information content (AvgIpc) is 2.47. The lowest BCUT2D eigenvalue weighted by atomic mass is 10.0. The van der Waals surface area contributed by atoms with Crippen molar-refractivity contribution >= 4 is 12.1 Å². The second kappa shape index (κ2) is 4.30. The van der Waals surface area contributed by atoms with E-state index in [9.17, 15) is 9.59 Å². The molecular weight excluding hydrogens is 234 g/mol. The van der Waals surface area contributed by atoms with Crippen molar-refractivity contribution < 1.29 is 19.4 Å². The lowest BCUT2D eigenvalue weighted by molar-refractivity contribution is -0.133. The van der Waals surface area contributed by atoms with Gasteiger partial charge in [0, 0.05) is 11.6 Å². The van der Waals surface area contributed by atoms with Crippen LogP contribution in [0.1, 0.15) is 40.0 Å². The summed E-state index contributed by atoms with van der Waals surface area (Å²) in [5.41, 5.74) is -0.102. The fourth-order valence-corrected chi connectivity index (χ4v) is 2.59. The van der Waals surface area contributed by atoms with Crippen LogP contribution in [-0.2, 0) is 9.53 Å². The van der Waals surface area contributed by atoms with Crippen LogP contribution in [0.15, 0.2) is 11.6 Å². The van der Waals surface area contributed by atoms with Crippen LogP contribution >= 0.6 is 0 Å². The monoisotopic (exact) mass is 253 g/mol. The maximum atomic E-state index is 12.1. The van der Waals surface area contributed by atoms with Gasteiger partial charge in [-0.2, -0.15) is 0 Å². The summed E-state index contributed by atoms with van der Waals surface area (Å²) in [7, 11) is 0. The summed E-state index contributed by atoms with van der Waals surface area (Å²) in [6, 6.07) is -0.148. The molecule has 2 atom stereocenters. The number of carbonyl (C=O) groups is 2. The Hall–Kier alpha value is -1.52. The molecule has 0 aliphatic carbocycles. The Kier molecular flexibility index (Phi) is 3.09. The van der Waals surface area contributed by atoms with Crippen LogP contribution in [0.25, 0.3) is 0 Å². The van der Waals surface area contributed by atoms with Crippen LogP contribution in [0.2, 0.25) is 0 Å². The van der Waals surface area contributed by atoms with Crippen LogP contribution in [0, 0.1) is 0 Å². The smallest absolute Gasteiger partial charge is 0.411 e. The minimum Gasteiger partial charge on any atom is -0.478 e. The van der Waals surface area contributed by atoms with E-state index in [1.54, 1.807) is 11.0 Å². The van der Waals surface area contributed by atoms with Gasteiger partial charge in [0.2, 0.25) is 0 Å². The van der Waals surface area contributed by atoms with Crippen LogP contribution in [0.5, 0.6) is 0 Å². The highest BCUT2D eigenvalue weighted by Crippen LogP contribution is 2.35. The molecule has 0 aromatic rings. The number of carboxylic acid groups (broad SMARTS) is 1. The van der Waals surface area contributed by atoms with Crippen molar-refractivity contribution in [2.24, 2.45) is 0 Å². The van der Waals surface area contributed by atoms with Gasteiger partial charge in [-0.15, -0.1) is 0 Å². The van der Waals surface area contributed by atoms with E-state index in [0.717, 1.165) is 12.8 Å². The van der Waals surface area contributed by atoms with Gasteiger partial charge in [0.1, 0.15) is 5.60 Å². The zero-order valence-corrected chi connectivity index (χ0v) is 11.0. The van der Waals surface area contributed by atoms with Gasteiger partial charge in [-0.25, -0.2) is 9.59 Å². The van der Waals surface area contributed by atoms with E-state index in [4.69, 9.17) is 9.84 Å². The molecule has 5 heteroatoms. The number of carbonyl (C=O) groups excluding carboxylic acids is 1. The third-order valence-electron chi connectivity index (χ3n) is 3.27. The van der Waals surface area contributed by atoms with Gasteiger partial charge in [-0.3, -0.25) is 4.90 Å². The van der Waals surface area contributed by atoms with Crippen LogP contribution in [-0.4, -0.2) is 39.8 Å². The molecule has 1 saturated heterocycles. The van der Waals surface area contributed by atoms with Gasteiger partial charge in [0.05, 0.1) is 6.04 Å². The van der Waals surface area contributed by atoms with Crippen molar-refractivity contribution in [1.82, 2.24) is 4.90 Å². The van der Waals surface area contributed by atoms with Crippen LogP contribution < -0.4 is 0 Å². The SMILES string of the molecule is CC(C)(C)OC(=O)N1[C@@H]2CC[C@@H]1C=C(C(=O)O)C2. The molecule has 1 fully saturated rings. The highest BCUT2D eigenvalue weighted by molar-refractivity contribution is 5.87. The van der Waals surface area contributed by atoms with E-state index in [-0.39, 0.29) is 18.2 Å². The normalized spacial score (nSPS) is 26.8. The van der Waals surface area contributed by atoms with Crippen molar-refractivity contribution in [2.75, 3.05) is 0 Å².